The van der Waals surface area contributed by atoms with E-state index in [-0.39, 0.29) is 209 Å². The summed E-state index contributed by atoms with van der Waals surface area (Å²) in [5.41, 5.74) is 30.1. The fraction of sp³-hybridized carbons (Fsp3) is 0.517. The molecule has 0 spiro atoms. The molecule has 0 saturated carbocycles. The van der Waals surface area contributed by atoms with Crippen LogP contribution in [0.4, 0.5) is 0 Å². The van der Waals surface area contributed by atoms with Crippen LogP contribution in [0.2, 0.25) is 0 Å². The van der Waals surface area contributed by atoms with Gasteiger partial charge in [0.15, 0.2) is 5.78 Å². The van der Waals surface area contributed by atoms with Crippen molar-refractivity contribution in [3.8, 4) is 0 Å². The van der Waals surface area contributed by atoms with Crippen molar-refractivity contribution >= 4 is 88.5 Å². The quantitative estimate of drug-likeness (QED) is 0.0160. The van der Waals surface area contributed by atoms with Crippen molar-refractivity contribution in [1.29, 1.82) is 0 Å². The molecule has 14 amide bonds. The van der Waals surface area contributed by atoms with Crippen LogP contribution in [0.15, 0.2) is 212 Å². The van der Waals surface area contributed by atoms with E-state index in [2.05, 4.69) is 31.9 Å². The molecule has 1 fully saturated rings. The third-order valence-electron chi connectivity index (χ3n) is 26.8. The predicted octanol–water partition coefficient (Wildman–Crippen LogP) is 10.1. The summed E-state index contributed by atoms with van der Waals surface area (Å²) in [6, 6.07) is 59.8. The van der Waals surface area contributed by atoms with Crippen LogP contribution < -0.4 is 54.8 Å². The number of nitrogens with one attached hydrogen (secondary N) is 6. The number of aryl methyl sites for hydroxylation is 3. The Labute approximate surface area is 888 Å². The lowest BCUT2D eigenvalue weighted by Crippen LogP contribution is -2.55. The lowest BCUT2D eigenvalue weighted by Gasteiger charge is -2.33. The van der Waals surface area contributed by atoms with E-state index in [4.69, 9.17) is 22.9 Å². The number of hydrogen-bond donors (Lipinski definition) is 10. The summed E-state index contributed by atoms with van der Waals surface area (Å²) in [6.45, 7) is 7.77. The Bertz CT molecular complexity index is 5270. The minimum atomic E-state index is -0.969. The van der Waals surface area contributed by atoms with E-state index < -0.39 is 166 Å². The second-order valence-corrected chi connectivity index (χ2v) is 41.4. The Morgan fingerprint density at radius 3 is 0.820 bits per heavy atom. The van der Waals surface area contributed by atoms with Gasteiger partial charge in [-0.05, 0) is 185 Å². The summed E-state index contributed by atoms with van der Waals surface area (Å²) in [5.74, 6) is -8.48. The minimum absolute atomic E-state index is 0.0295. The largest absolute Gasteiger partial charge is 0.368 e. The van der Waals surface area contributed by atoms with Crippen molar-refractivity contribution in [3.05, 3.63) is 251 Å². The van der Waals surface area contributed by atoms with Gasteiger partial charge in [0.2, 0.25) is 82.7 Å². The molecule has 7 atom stereocenters. The molecular formula is C118H167N17O15. The molecule has 0 bridgehead atoms. The highest BCUT2D eigenvalue weighted by Gasteiger charge is 2.35. The van der Waals surface area contributed by atoms with Gasteiger partial charge in [-0.15, -0.1) is 0 Å². The summed E-state index contributed by atoms with van der Waals surface area (Å²) in [6.07, 6.45) is 5.50. The number of nitrogens with zero attached hydrogens (tertiary/aromatic N) is 7. The molecule has 14 N–H and O–H groups in total. The number of carbonyl (C=O) groups excluding carboxylic acids is 15. The van der Waals surface area contributed by atoms with E-state index in [1.54, 1.807) is 12.1 Å². The van der Waals surface area contributed by atoms with Gasteiger partial charge in [-0.1, -0.05) is 273 Å². The van der Waals surface area contributed by atoms with Crippen LogP contribution in [0, 0.1) is 23.7 Å². The monoisotopic (exact) mass is 2060 g/mol. The van der Waals surface area contributed by atoms with E-state index >= 15 is 52.7 Å². The van der Waals surface area contributed by atoms with Gasteiger partial charge in [0.25, 0.3) is 0 Å². The second kappa shape index (κ2) is 68.4. The predicted molar refractivity (Wildman–Crippen MR) is 585 cm³/mol. The molecule has 7 aromatic carbocycles. The summed E-state index contributed by atoms with van der Waals surface area (Å²) in [7, 11) is 0. The normalized spacial score (nSPS) is 18.6. The average molecular weight is 2060 g/mol. The Balaban J connectivity index is 1.25. The fourth-order valence-corrected chi connectivity index (χ4v) is 18.8. The fourth-order valence-electron chi connectivity index (χ4n) is 18.8. The van der Waals surface area contributed by atoms with Gasteiger partial charge in [0, 0.05) is 122 Å². The molecule has 150 heavy (non-hydrogen) atoms. The van der Waals surface area contributed by atoms with E-state index in [9.17, 15) is 19.2 Å². The summed E-state index contributed by atoms with van der Waals surface area (Å²) >= 11 is 0. The maximum absolute atomic E-state index is 15.4. The SMILES string of the molecule is CC(C)CCC(=O)N1CC(=O)N[C@@H](Cc2ccccc2)CN(C(=O)CCC(C)C)CC(=O)N[C@@H](CCCCN)CN(C(=O)CCc2ccccc2)CC(=O)N[C@@H](CCCCN)CN(C(=O)CCc2ccccc2)CC(=O)N[C@@H](CCCCN)CN(C(=O)CCc2ccccc2)CC(=O)N[C@@H](Cc2ccccc2)CN(CC(N)=O)C(=O)CCC(=O)N[C@@H](Cc2ccccc2)CN(C(=O)CCC(C)C)CC(=O)C[C@@H](Cc2ccccc2)C1. The van der Waals surface area contributed by atoms with Gasteiger partial charge in [-0.3, -0.25) is 71.9 Å². The zero-order valence-electron chi connectivity index (χ0n) is 89.4. The molecule has 32 nitrogen and oxygen atoms in total. The number of rotatable bonds is 40. The van der Waals surface area contributed by atoms with Crippen molar-refractivity contribution in [2.24, 2.45) is 46.6 Å². The molecule has 1 aliphatic heterocycles. The lowest BCUT2D eigenvalue weighted by molar-refractivity contribution is -0.139. The Morgan fingerprint density at radius 2 is 0.533 bits per heavy atom. The van der Waals surface area contributed by atoms with Crippen LogP contribution in [0.3, 0.4) is 0 Å². The van der Waals surface area contributed by atoms with E-state index in [0.29, 0.717) is 64.3 Å². The van der Waals surface area contributed by atoms with Crippen LogP contribution in [0.5, 0.6) is 0 Å². The molecule has 7 aromatic rings. The van der Waals surface area contributed by atoms with E-state index in [0.717, 1.165) is 38.9 Å². The Kier molecular flexibility index (Phi) is 55.6. The molecule has 8 rings (SSSR count). The number of primary amides is 1. The van der Waals surface area contributed by atoms with E-state index in [1.165, 1.54) is 34.3 Å². The zero-order valence-corrected chi connectivity index (χ0v) is 89.4. The number of unbranched alkanes of at least 4 members (excludes halogenated alkanes) is 3. The number of hydrogen-bond acceptors (Lipinski definition) is 18. The molecule has 32 heteroatoms. The van der Waals surface area contributed by atoms with Gasteiger partial charge in [0.1, 0.15) is 0 Å². The first kappa shape index (κ1) is 122. The van der Waals surface area contributed by atoms with Crippen LogP contribution in [0.25, 0.3) is 0 Å². The first-order chi connectivity index (χ1) is 72.2. The van der Waals surface area contributed by atoms with Crippen LogP contribution >= 0.6 is 0 Å². The van der Waals surface area contributed by atoms with Gasteiger partial charge < -0.3 is 89.1 Å². The highest BCUT2D eigenvalue weighted by atomic mass is 16.2. The van der Waals surface area contributed by atoms with Gasteiger partial charge >= 0.3 is 0 Å². The topological polar surface area (TPSA) is 455 Å². The average Bonchev–Trinajstić information content (AvgIpc) is 0.859. The number of nitrogens with two attached hydrogens (primary N) is 4. The van der Waals surface area contributed by atoms with Crippen LogP contribution in [-0.2, 0) is 117 Å². The third kappa shape index (κ3) is 49.4. The number of amides is 14. The van der Waals surface area contributed by atoms with Crippen molar-refractivity contribution < 1.29 is 71.9 Å². The summed E-state index contributed by atoms with van der Waals surface area (Å²) in [4.78, 5) is 236. The second-order valence-electron chi connectivity index (χ2n) is 41.4. The van der Waals surface area contributed by atoms with Gasteiger partial charge in [-0.2, -0.15) is 0 Å². The summed E-state index contributed by atoms with van der Waals surface area (Å²) < 4.78 is 0. The number of benzene rings is 7. The lowest BCUT2D eigenvalue weighted by atomic mass is 9.93. The molecule has 0 aromatic heterocycles. The highest BCUT2D eigenvalue weighted by molar-refractivity contribution is 5.91. The van der Waals surface area contributed by atoms with Crippen molar-refractivity contribution in [2.45, 2.75) is 258 Å². The first-order valence-electron chi connectivity index (χ1n) is 54.1. The highest BCUT2D eigenvalue weighted by Crippen LogP contribution is 2.24. The van der Waals surface area contributed by atoms with Gasteiger partial charge in [-0.25, -0.2) is 0 Å². The maximum Gasteiger partial charge on any atom is 0.239 e. The van der Waals surface area contributed by atoms with Crippen molar-refractivity contribution in [1.82, 2.24) is 66.2 Å². The first-order valence-corrected chi connectivity index (χ1v) is 54.1. The molecule has 0 unspecified atom stereocenters. The standard InChI is InChI=1S/C118H167N17O15/c1-87(2)51-58-112(144)129-73-97(68-93-40-20-10-21-41-93)72-104(136)80-130(113(145)59-52-88(3)4)77-101(69-94-42-22-11-23-43-94)126-106(138)57-64-118(150)131(81-105(122)137)78-102(70-95-44-24-12-25-45-95)127-111(143)86-134(117(149)63-56-92-38-18-9-19-39-92)76-100(50-30-33-67-121)124-108(140)84-132(115(147)61-54-90-34-14-7-15-35-90)74-98(48-28-31-65-119)123-107(139)83-133(116(148)62-55-91-36-16-8-17-37-91)75-99(49-29-32-66-120)125-109(141)85-135(114(146)60-53-89(5)6)79-103(128-110(142)82-129)71-96-46-26-13-27-47-96/h7-27,34-47,87-89,97-103H,28-33,48-86,119-121H2,1-6H3,(H2,122,137)(H,123,139)(H,124,140)(H,125,141)(H,126,138)(H,127,143)(H,128,142)/t97-,98+,99+,100+,101+,102+,103+/m1/s1. The molecule has 1 saturated heterocycles. The van der Waals surface area contributed by atoms with Crippen LogP contribution in [-0.4, -0.2) is 270 Å². The van der Waals surface area contributed by atoms with Crippen LogP contribution in [0.1, 0.15) is 215 Å². The minimum Gasteiger partial charge on any atom is -0.368 e. The Morgan fingerprint density at radius 1 is 0.287 bits per heavy atom. The van der Waals surface area contributed by atoms with Crippen molar-refractivity contribution in [3.63, 3.8) is 0 Å². The zero-order chi connectivity index (χ0) is 108. The van der Waals surface area contributed by atoms with E-state index in [1.807, 2.05) is 242 Å². The Hall–Kier alpha value is -13.3. The number of carbonyl (C=O) groups is 15. The molecule has 1 aliphatic rings. The maximum atomic E-state index is 15.4. The molecule has 0 radical (unpaired) electrons. The smallest absolute Gasteiger partial charge is 0.239 e. The summed E-state index contributed by atoms with van der Waals surface area (Å²) in [5, 5.41) is 18.9. The third-order valence-corrected chi connectivity index (χ3v) is 26.8. The molecule has 1 heterocycles. The van der Waals surface area contributed by atoms with Crippen molar-refractivity contribution in [2.75, 3.05) is 111 Å². The van der Waals surface area contributed by atoms with Gasteiger partial charge in [0.05, 0.1) is 63.9 Å². The number of ketones is 1. The molecule has 0 aliphatic carbocycles. The molecular weight excluding hydrogens is 1900 g/mol. The number of Topliss-reactive ketones (excluding diaryl/α,β-unsaturated/α-hetero) is 1. The molecule has 814 valence electrons.